The van der Waals surface area contributed by atoms with Gasteiger partial charge in [0.05, 0.1) is 11.1 Å². The molecule has 0 radical (unpaired) electrons. The minimum atomic E-state index is -1.24. The molecule has 28 heavy (non-hydrogen) atoms. The zero-order valence-electron chi connectivity index (χ0n) is 19.0. The van der Waals surface area contributed by atoms with Crippen molar-refractivity contribution in [1.82, 2.24) is 10.2 Å². The van der Waals surface area contributed by atoms with Crippen LogP contribution in [0, 0.1) is 5.92 Å². The summed E-state index contributed by atoms with van der Waals surface area (Å²) < 4.78 is 0. The number of hydrogen-bond donors (Lipinski definition) is 3. The van der Waals surface area contributed by atoms with Crippen LogP contribution in [0.3, 0.4) is 0 Å². The number of aliphatic carboxylic acids is 2. The molecule has 0 atom stereocenters. The van der Waals surface area contributed by atoms with Crippen LogP contribution in [0.1, 0.15) is 32.6 Å². The summed E-state index contributed by atoms with van der Waals surface area (Å²) >= 11 is 0. The van der Waals surface area contributed by atoms with Crippen molar-refractivity contribution in [3.05, 3.63) is 46.5 Å². The zero-order valence-corrected chi connectivity index (χ0v) is 21.0. The first-order chi connectivity index (χ1) is 12.3. The Balaban J connectivity index is -0.00000182. The molecule has 1 aliphatic heterocycles. The van der Waals surface area contributed by atoms with E-state index in [2.05, 4.69) is 5.32 Å². The summed E-state index contributed by atoms with van der Waals surface area (Å²) in [6.45, 7) is 6.16. The van der Waals surface area contributed by atoms with Crippen LogP contribution >= 0.6 is 0 Å². The molecule has 1 heterocycles. The van der Waals surface area contributed by atoms with Crippen molar-refractivity contribution in [3.8, 4) is 0 Å². The maximum absolute atomic E-state index is 12.4. The van der Waals surface area contributed by atoms with Gasteiger partial charge in [-0.25, -0.2) is 9.59 Å². The molecule has 0 unspecified atom stereocenters. The first kappa shape index (κ1) is 27.3. The Bertz CT molecular complexity index is 737. The van der Waals surface area contributed by atoms with Gasteiger partial charge in [0.1, 0.15) is 0 Å². The predicted octanol–water partition coefficient (Wildman–Crippen LogP) is -4.37. The number of amides is 1. The largest absolute Gasteiger partial charge is 1.00 e. The fourth-order valence-electron chi connectivity index (χ4n) is 3.03. The molecule has 144 valence electrons. The number of carboxylic acid groups (broad SMARTS) is 2. The van der Waals surface area contributed by atoms with Gasteiger partial charge >= 0.3 is 71.1 Å². The van der Waals surface area contributed by atoms with Crippen molar-refractivity contribution in [1.29, 1.82) is 0 Å². The van der Waals surface area contributed by atoms with Gasteiger partial charge in [-0.2, -0.15) is 0 Å². The standard InChI is InChI=1S/C19H24N2O5.2Na.2H/c1-12(2)16(19(25)26)15(18(23)24)11-13-3-5-14(6-4-13)17(22)21-9-7-20-8-10-21;;;;/h3-6,12,20H,7-11H2,1-2H3,(H,23,24)(H,25,26);;;;/q;2*+1;2*-1/b16-15-;;;;. The normalized spacial score (nSPS) is 14.5. The average Bonchev–Trinajstić information content (AvgIpc) is 2.61. The fraction of sp³-hybridized carbons (Fsp3) is 0.421. The smallest absolute Gasteiger partial charge is 1.00 e. The molecule has 1 aromatic carbocycles. The van der Waals surface area contributed by atoms with Crippen molar-refractivity contribution in [3.63, 3.8) is 0 Å². The molecule has 3 N–H and O–H groups in total. The summed E-state index contributed by atoms with van der Waals surface area (Å²) in [7, 11) is 0. The molecule has 7 nitrogen and oxygen atoms in total. The Morgan fingerprint density at radius 1 is 1.04 bits per heavy atom. The number of nitrogens with one attached hydrogen (secondary N) is 1. The van der Waals surface area contributed by atoms with E-state index in [1.165, 1.54) is 0 Å². The molecular formula is C19H26N2Na2O5. The third-order valence-electron chi connectivity index (χ3n) is 4.38. The quantitative estimate of drug-likeness (QED) is 0.324. The fourth-order valence-corrected chi connectivity index (χ4v) is 3.03. The van der Waals surface area contributed by atoms with E-state index in [1.807, 2.05) is 0 Å². The van der Waals surface area contributed by atoms with E-state index in [1.54, 1.807) is 43.0 Å². The molecule has 1 fully saturated rings. The minimum absolute atomic E-state index is 0. The Hall–Kier alpha value is -0.670. The van der Waals surface area contributed by atoms with Crippen molar-refractivity contribution >= 4 is 17.8 Å². The van der Waals surface area contributed by atoms with Crippen LogP contribution in [-0.4, -0.2) is 59.1 Å². The molecule has 1 amide bonds. The van der Waals surface area contributed by atoms with Crippen LogP contribution in [0.5, 0.6) is 0 Å². The van der Waals surface area contributed by atoms with Gasteiger partial charge in [0.2, 0.25) is 0 Å². The topological polar surface area (TPSA) is 107 Å². The number of hydrogen-bond acceptors (Lipinski definition) is 4. The van der Waals surface area contributed by atoms with E-state index in [9.17, 15) is 24.6 Å². The maximum Gasteiger partial charge on any atom is 1.00 e. The van der Waals surface area contributed by atoms with Gasteiger partial charge in [0.25, 0.3) is 5.91 Å². The van der Waals surface area contributed by atoms with E-state index >= 15 is 0 Å². The average molecular weight is 408 g/mol. The first-order valence-electron chi connectivity index (χ1n) is 8.59. The van der Waals surface area contributed by atoms with Crippen molar-refractivity contribution < 1.29 is 86.6 Å². The number of benzene rings is 1. The predicted molar refractivity (Wildman–Crippen MR) is 98.3 cm³/mol. The molecule has 1 aliphatic rings. The number of carbonyl (C=O) groups is 3. The van der Waals surface area contributed by atoms with E-state index in [0.717, 1.165) is 13.1 Å². The van der Waals surface area contributed by atoms with Gasteiger partial charge in [-0.15, -0.1) is 0 Å². The molecule has 0 bridgehead atoms. The second-order valence-corrected chi connectivity index (χ2v) is 6.57. The number of nitrogens with zero attached hydrogens (tertiary/aromatic N) is 1. The Morgan fingerprint density at radius 3 is 2.00 bits per heavy atom. The van der Waals surface area contributed by atoms with Crippen LogP contribution in [0.4, 0.5) is 0 Å². The van der Waals surface area contributed by atoms with Gasteiger partial charge in [0.15, 0.2) is 0 Å². The van der Waals surface area contributed by atoms with Gasteiger partial charge in [-0.1, -0.05) is 26.0 Å². The van der Waals surface area contributed by atoms with E-state index < -0.39 is 17.9 Å². The van der Waals surface area contributed by atoms with Gasteiger partial charge in [-0.3, -0.25) is 4.79 Å². The van der Waals surface area contributed by atoms with Gasteiger partial charge in [-0.05, 0) is 23.6 Å². The van der Waals surface area contributed by atoms with Crippen molar-refractivity contribution in [2.45, 2.75) is 20.3 Å². The molecule has 1 aromatic rings. The van der Waals surface area contributed by atoms with Gasteiger partial charge < -0.3 is 23.3 Å². The molecule has 1 saturated heterocycles. The zero-order chi connectivity index (χ0) is 19.3. The summed E-state index contributed by atoms with van der Waals surface area (Å²) in [4.78, 5) is 37.2. The monoisotopic (exact) mass is 408 g/mol. The van der Waals surface area contributed by atoms with E-state index in [4.69, 9.17) is 0 Å². The van der Waals surface area contributed by atoms with Crippen LogP contribution in [0.2, 0.25) is 0 Å². The third-order valence-corrected chi connectivity index (χ3v) is 4.38. The molecule has 0 aromatic heterocycles. The van der Waals surface area contributed by atoms with Crippen molar-refractivity contribution in [2.24, 2.45) is 5.92 Å². The molecular weight excluding hydrogens is 382 g/mol. The summed E-state index contributed by atoms with van der Waals surface area (Å²) in [6, 6.07) is 6.68. The summed E-state index contributed by atoms with van der Waals surface area (Å²) in [6.07, 6.45) is -0.00273. The SMILES string of the molecule is CC(C)/C(C(=O)O)=C(\Cc1ccc(C(=O)N2CCNCC2)cc1)C(=O)O.[H-].[H-].[Na+].[Na+]. The number of carbonyl (C=O) groups excluding carboxylic acids is 1. The Kier molecular flexibility index (Phi) is 12.5. The molecule has 0 spiro atoms. The second kappa shape index (κ2) is 12.8. The van der Waals surface area contributed by atoms with Crippen LogP contribution < -0.4 is 64.4 Å². The Labute approximate surface area is 212 Å². The van der Waals surface area contributed by atoms with Crippen LogP contribution in [-0.2, 0) is 16.0 Å². The molecule has 0 aliphatic carbocycles. The summed E-state index contributed by atoms with van der Waals surface area (Å²) in [5.41, 5.74) is 0.963. The molecule has 0 saturated carbocycles. The minimum Gasteiger partial charge on any atom is -1.00 e. The Morgan fingerprint density at radius 2 is 1.57 bits per heavy atom. The number of rotatable bonds is 6. The van der Waals surface area contributed by atoms with E-state index in [0.29, 0.717) is 24.2 Å². The molecule has 2 rings (SSSR count). The van der Waals surface area contributed by atoms with Gasteiger partial charge in [0, 0.05) is 38.2 Å². The van der Waals surface area contributed by atoms with Crippen LogP contribution in [0.15, 0.2) is 35.4 Å². The molecule has 9 heteroatoms. The maximum atomic E-state index is 12.4. The van der Waals surface area contributed by atoms with Crippen LogP contribution in [0.25, 0.3) is 0 Å². The van der Waals surface area contributed by atoms with E-state index in [-0.39, 0.29) is 85.4 Å². The number of carboxylic acids is 2. The first-order valence-corrected chi connectivity index (χ1v) is 8.59. The second-order valence-electron chi connectivity index (χ2n) is 6.57. The summed E-state index contributed by atoms with van der Waals surface area (Å²) in [5.74, 6) is -2.92. The van der Waals surface area contributed by atoms with Crippen molar-refractivity contribution in [2.75, 3.05) is 26.2 Å². The third kappa shape index (κ3) is 7.30. The summed E-state index contributed by atoms with van der Waals surface area (Å²) in [5, 5.41) is 21.9. The number of piperazine rings is 1.